The van der Waals surface area contributed by atoms with Crippen LogP contribution in [0.5, 0.6) is 11.5 Å². The van der Waals surface area contributed by atoms with Crippen molar-refractivity contribution in [2.75, 3.05) is 14.2 Å². The molecule has 0 spiro atoms. The second-order valence-corrected chi connectivity index (χ2v) is 8.14. The number of hydrogen-bond acceptors (Lipinski definition) is 7. The molecule has 0 radical (unpaired) electrons. The highest BCUT2D eigenvalue weighted by Gasteiger charge is 2.38. The second-order valence-electron chi connectivity index (χ2n) is 8.14. The molecular formula is C23H32N4O5. The Bertz CT molecular complexity index is 919. The van der Waals surface area contributed by atoms with Gasteiger partial charge >= 0.3 is 0 Å². The standard InChI is InChI=1S/C23H32N4O5/c1-16(28)26-23(12-6-4-5-7-13-23)22-25-21(32-27-22)11-10-20(29)24-15-17-8-9-18(30-2)14-19(17)31-3/h8-9,14H,4-7,10-13,15H2,1-3H3,(H,24,29)(H,26,28). The molecule has 1 heterocycles. The van der Waals surface area contributed by atoms with E-state index in [1.807, 2.05) is 12.1 Å². The lowest BCUT2D eigenvalue weighted by Crippen LogP contribution is -2.45. The molecule has 1 aromatic carbocycles. The van der Waals surface area contributed by atoms with Gasteiger partial charge in [-0.05, 0) is 25.0 Å². The normalized spacial score (nSPS) is 15.5. The Kier molecular flexibility index (Phi) is 8.08. The quantitative estimate of drug-likeness (QED) is 0.571. The molecule has 1 saturated carbocycles. The van der Waals surface area contributed by atoms with Crippen molar-refractivity contribution < 1.29 is 23.6 Å². The first-order valence-electron chi connectivity index (χ1n) is 11.0. The predicted molar refractivity (Wildman–Crippen MR) is 117 cm³/mol. The summed E-state index contributed by atoms with van der Waals surface area (Å²) in [5, 5.41) is 10.1. The summed E-state index contributed by atoms with van der Waals surface area (Å²) in [4.78, 5) is 28.7. The molecule has 9 heteroatoms. The molecule has 0 bridgehead atoms. The molecule has 1 aliphatic carbocycles. The van der Waals surface area contributed by atoms with Gasteiger partial charge < -0.3 is 24.6 Å². The van der Waals surface area contributed by atoms with E-state index in [2.05, 4.69) is 20.8 Å². The second kappa shape index (κ2) is 11.0. The van der Waals surface area contributed by atoms with E-state index < -0.39 is 5.54 Å². The van der Waals surface area contributed by atoms with Gasteiger partial charge in [-0.15, -0.1) is 0 Å². The fourth-order valence-corrected chi connectivity index (χ4v) is 4.12. The van der Waals surface area contributed by atoms with Gasteiger partial charge in [-0.3, -0.25) is 9.59 Å². The average molecular weight is 445 g/mol. The SMILES string of the molecule is COc1ccc(CNC(=O)CCc2nc(C3(NC(C)=O)CCCCCC3)no2)c(OC)c1. The summed E-state index contributed by atoms with van der Waals surface area (Å²) in [6, 6.07) is 5.46. The Hall–Kier alpha value is -3.10. The lowest BCUT2D eigenvalue weighted by Gasteiger charge is -2.30. The molecule has 3 rings (SSSR count). The number of carbonyl (C=O) groups excluding carboxylic acids is 2. The van der Waals surface area contributed by atoms with Crippen molar-refractivity contribution in [3.63, 3.8) is 0 Å². The molecule has 2 N–H and O–H groups in total. The van der Waals surface area contributed by atoms with E-state index in [1.165, 1.54) is 6.92 Å². The van der Waals surface area contributed by atoms with Gasteiger partial charge in [-0.25, -0.2) is 0 Å². The Labute approximate surface area is 188 Å². The van der Waals surface area contributed by atoms with Crippen molar-refractivity contribution in [3.8, 4) is 11.5 Å². The third kappa shape index (κ3) is 5.99. The number of carbonyl (C=O) groups is 2. The van der Waals surface area contributed by atoms with Crippen LogP contribution in [0, 0.1) is 0 Å². The summed E-state index contributed by atoms with van der Waals surface area (Å²) < 4.78 is 16.0. The highest BCUT2D eigenvalue weighted by Crippen LogP contribution is 2.34. The minimum absolute atomic E-state index is 0.105. The van der Waals surface area contributed by atoms with Crippen molar-refractivity contribution in [2.45, 2.75) is 70.4 Å². The van der Waals surface area contributed by atoms with E-state index in [-0.39, 0.29) is 18.2 Å². The number of benzene rings is 1. The van der Waals surface area contributed by atoms with Crippen molar-refractivity contribution in [1.29, 1.82) is 0 Å². The van der Waals surface area contributed by atoms with Crippen LogP contribution in [0.4, 0.5) is 0 Å². The van der Waals surface area contributed by atoms with Crippen molar-refractivity contribution in [2.24, 2.45) is 0 Å². The molecule has 0 aliphatic heterocycles. The van der Waals surface area contributed by atoms with E-state index in [0.29, 0.717) is 36.2 Å². The Morgan fingerprint density at radius 1 is 1.12 bits per heavy atom. The maximum absolute atomic E-state index is 12.4. The number of nitrogens with zero attached hydrogens (tertiary/aromatic N) is 2. The van der Waals surface area contributed by atoms with E-state index in [0.717, 1.165) is 44.1 Å². The zero-order chi connectivity index (χ0) is 23.0. The van der Waals surface area contributed by atoms with Crippen LogP contribution in [0.2, 0.25) is 0 Å². The average Bonchev–Trinajstić information content (AvgIpc) is 3.15. The number of rotatable bonds is 9. The summed E-state index contributed by atoms with van der Waals surface area (Å²) >= 11 is 0. The van der Waals surface area contributed by atoms with Gasteiger partial charge in [-0.2, -0.15) is 4.98 Å². The summed E-state index contributed by atoms with van der Waals surface area (Å²) in [6.07, 6.45) is 6.38. The van der Waals surface area contributed by atoms with Gasteiger partial charge in [0, 0.05) is 37.9 Å². The van der Waals surface area contributed by atoms with Crippen LogP contribution in [0.1, 0.15) is 69.1 Å². The number of aryl methyl sites for hydroxylation is 1. The first-order valence-corrected chi connectivity index (χ1v) is 11.0. The molecule has 2 amide bonds. The number of ether oxygens (including phenoxy) is 2. The summed E-state index contributed by atoms with van der Waals surface area (Å²) in [6.45, 7) is 1.85. The zero-order valence-electron chi connectivity index (χ0n) is 19.0. The number of hydrogen-bond donors (Lipinski definition) is 2. The number of methoxy groups -OCH3 is 2. The largest absolute Gasteiger partial charge is 0.497 e. The molecule has 9 nitrogen and oxygen atoms in total. The van der Waals surface area contributed by atoms with Crippen LogP contribution in [0.3, 0.4) is 0 Å². The molecule has 2 aromatic rings. The van der Waals surface area contributed by atoms with Crippen molar-refractivity contribution in [3.05, 3.63) is 35.5 Å². The van der Waals surface area contributed by atoms with Gasteiger partial charge in [0.05, 0.1) is 14.2 Å². The summed E-state index contributed by atoms with van der Waals surface area (Å²) in [5.41, 5.74) is 0.268. The molecule has 32 heavy (non-hydrogen) atoms. The highest BCUT2D eigenvalue weighted by atomic mass is 16.5. The van der Waals surface area contributed by atoms with Crippen LogP contribution >= 0.6 is 0 Å². The van der Waals surface area contributed by atoms with Gasteiger partial charge in [0.15, 0.2) is 5.82 Å². The Morgan fingerprint density at radius 3 is 2.53 bits per heavy atom. The maximum atomic E-state index is 12.4. The summed E-state index contributed by atoms with van der Waals surface area (Å²) in [5.74, 6) is 2.01. The minimum atomic E-state index is -0.586. The Morgan fingerprint density at radius 2 is 1.88 bits per heavy atom. The predicted octanol–water partition coefficient (Wildman–Crippen LogP) is 3.02. The van der Waals surface area contributed by atoms with Crippen LogP contribution in [-0.4, -0.2) is 36.2 Å². The van der Waals surface area contributed by atoms with E-state index in [4.69, 9.17) is 14.0 Å². The molecule has 1 aliphatic rings. The Balaban J connectivity index is 1.57. The fraction of sp³-hybridized carbons (Fsp3) is 0.565. The van der Waals surface area contributed by atoms with Crippen LogP contribution in [0.25, 0.3) is 0 Å². The van der Waals surface area contributed by atoms with Crippen molar-refractivity contribution in [1.82, 2.24) is 20.8 Å². The summed E-state index contributed by atoms with van der Waals surface area (Å²) in [7, 11) is 3.17. The third-order valence-corrected chi connectivity index (χ3v) is 5.80. The van der Waals surface area contributed by atoms with Crippen LogP contribution in [-0.2, 0) is 28.1 Å². The van der Waals surface area contributed by atoms with Gasteiger partial charge in [0.25, 0.3) is 0 Å². The molecule has 1 aromatic heterocycles. The van der Waals surface area contributed by atoms with E-state index in [9.17, 15) is 9.59 Å². The molecule has 174 valence electrons. The van der Waals surface area contributed by atoms with Crippen LogP contribution < -0.4 is 20.1 Å². The third-order valence-electron chi connectivity index (χ3n) is 5.80. The first-order chi connectivity index (χ1) is 15.5. The minimum Gasteiger partial charge on any atom is -0.497 e. The van der Waals surface area contributed by atoms with Gasteiger partial charge in [0.2, 0.25) is 17.7 Å². The molecule has 1 fully saturated rings. The number of aromatic nitrogens is 2. The molecule has 0 atom stereocenters. The zero-order valence-corrected chi connectivity index (χ0v) is 19.0. The smallest absolute Gasteiger partial charge is 0.227 e. The molecule has 0 unspecified atom stereocenters. The maximum Gasteiger partial charge on any atom is 0.227 e. The van der Waals surface area contributed by atoms with Gasteiger partial charge in [0.1, 0.15) is 17.0 Å². The van der Waals surface area contributed by atoms with Crippen LogP contribution in [0.15, 0.2) is 22.7 Å². The van der Waals surface area contributed by atoms with Crippen molar-refractivity contribution >= 4 is 11.8 Å². The fourth-order valence-electron chi connectivity index (χ4n) is 4.12. The number of amides is 2. The molecular weight excluding hydrogens is 412 g/mol. The first kappa shape index (κ1) is 23.6. The molecule has 0 saturated heterocycles. The monoisotopic (exact) mass is 444 g/mol. The topological polar surface area (TPSA) is 116 Å². The van der Waals surface area contributed by atoms with E-state index >= 15 is 0 Å². The van der Waals surface area contributed by atoms with Gasteiger partial charge in [-0.1, -0.05) is 30.8 Å². The number of nitrogens with one attached hydrogen (secondary N) is 2. The lowest BCUT2D eigenvalue weighted by molar-refractivity contribution is -0.122. The highest BCUT2D eigenvalue weighted by molar-refractivity contribution is 5.76. The lowest BCUT2D eigenvalue weighted by atomic mass is 9.89. The van der Waals surface area contributed by atoms with E-state index in [1.54, 1.807) is 20.3 Å².